The lowest BCUT2D eigenvalue weighted by molar-refractivity contribution is -0.0327. The predicted octanol–water partition coefficient (Wildman–Crippen LogP) is 4.28. The van der Waals surface area contributed by atoms with Crippen LogP contribution in [0.3, 0.4) is 0 Å². The summed E-state index contributed by atoms with van der Waals surface area (Å²) < 4.78 is 37.0. The fraction of sp³-hybridized carbons (Fsp3) is 0.500. The van der Waals surface area contributed by atoms with Gasteiger partial charge in [-0.25, -0.2) is 0 Å². The number of rotatable bonds is 4. The van der Waals surface area contributed by atoms with Gasteiger partial charge in [0.15, 0.2) is 0 Å². The number of benzene rings is 1. The SMILES string of the molecule is FC(F)(F)SCCNC1CCc2c(Br)cccc21. The van der Waals surface area contributed by atoms with Gasteiger partial charge in [-0.2, -0.15) is 13.2 Å². The Morgan fingerprint density at radius 3 is 2.89 bits per heavy atom. The van der Waals surface area contributed by atoms with Gasteiger partial charge >= 0.3 is 5.51 Å². The maximum Gasteiger partial charge on any atom is 0.441 e. The molecule has 0 saturated carbocycles. The van der Waals surface area contributed by atoms with E-state index in [-0.39, 0.29) is 23.6 Å². The molecule has 0 radical (unpaired) electrons. The van der Waals surface area contributed by atoms with Gasteiger partial charge in [0.1, 0.15) is 0 Å². The van der Waals surface area contributed by atoms with Crippen LogP contribution in [-0.4, -0.2) is 17.8 Å². The van der Waals surface area contributed by atoms with E-state index < -0.39 is 5.51 Å². The molecule has 6 heteroatoms. The summed E-state index contributed by atoms with van der Waals surface area (Å²) in [4.78, 5) is 0. The Balaban J connectivity index is 1.85. The predicted molar refractivity (Wildman–Crippen MR) is 71.7 cm³/mol. The van der Waals surface area contributed by atoms with Gasteiger partial charge in [0.2, 0.25) is 0 Å². The van der Waals surface area contributed by atoms with Crippen molar-refractivity contribution in [1.82, 2.24) is 5.32 Å². The summed E-state index contributed by atoms with van der Waals surface area (Å²) in [5.41, 5.74) is -1.64. The molecule has 1 atom stereocenters. The topological polar surface area (TPSA) is 12.0 Å². The number of alkyl halides is 3. The van der Waals surface area contributed by atoms with E-state index in [1.165, 1.54) is 11.1 Å². The summed E-state index contributed by atoms with van der Waals surface area (Å²) >= 11 is 3.53. The highest BCUT2D eigenvalue weighted by Gasteiger charge is 2.28. The first-order chi connectivity index (χ1) is 8.47. The van der Waals surface area contributed by atoms with Crippen molar-refractivity contribution < 1.29 is 13.2 Å². The molecule has 0 spiro atoms. The van der Waals surface area contributed by atoms with Gasteiger partial charge in [0.05, 0.1) is 0 Å². The minimum absolute atomic E-state index is 0.0296. The van der Waals surface area contributed by atoms with E-state index in [0.717, 1.165) is 17.3 Å². The number of halogens is 4. The van der Waals surface area contributed by atoms with Gasteiger partial charge in [-0.15, -0.1) is 0 Å². The highest BCUT2D eigenvalue weighted by Crippen LogP contribution is 2.35. The van der Waals surface area contributed by atoms with Crippen molar-refractivity contribution in [2.45, 2.75) is 24.4 Å². The normalized spacial score (nSPS) is 19.0. The van der Waals surface area contributed by atoms with Crippen LogP contribution in [0.5, 0.6) is 0 Å². The highest BCUT2D eigenvalue weighted by molar-refractivity contribution is 9.10. The van der Waals surface area contributed by atoms with Crippen LogP contribution in [0.25, 0.3) is 0 Å². The molecule has 1 aromatic rings. The molecule has 0 amide bonds. The summed E-state index contributed by atoms with van der Waals surface area (Å²) in [5, 5.41) is 3.20. The van der Waals surface area contributed by atoms with Gasteiger partial charge in [-0.1, -0.05) is 28.1 Å². The summed E-state index contributed by atoms with van der Waals surface area (Å²) in [6, 6.07) is 6.20. The number of hydrogen-bond donors (Lipinski definition) is 1. The number of thioether (sulfide) groups is 1. The molecule has 1 nitrogen and oxygen atoms in total. The number of hydrogen-bond acceptors (Lipinski definition) is 2. The molecule has 1 unspecified atom stereocenters. The summed E-state index contributed by atoms with van der Waals surface area (Å²) in [7, 11) is 0. The van der Waals surface area contributed by atoms with E-state index in [1.807, 2.05) is 18.2 Å². The van der Waals surface area contributed by atoms with Crippen molar-refractivity contribution in [1.29, 1.82) is 0 Å². The maximum atomic E-state index is 12.0. The van der Waals surface area contributed by atoms with Crippen LogP contribution < -0.4 is 5.32 Å². The van der Waals surface area contributed by atoms with Crippen molar-refractivity contribution in [2.75, 3.05) is 12.3 Å². The third kappa shape index (κ3) is 3.65. The lowest BCUT2D eigenvalue weighted by Gasteiger charge is -2.14. The van der Waals surface area contributed by atoms with E-state index in [0.29, 0.717) is 6.54 Å². The Hall–Kier alpha value is -0.200. The van der Waals surface area contributed by atoms with Crippen LogP contribution in [0, 0.1) is 0 Å². The minimum atomic E-state index is -4.13. The Morgan fingerprint density at radius 1 is 1.39 bits per heavy atom. The molecule has 1 N–H and O–H groups in total. The van der Waals surface area contributed by atoms with E-state index in [2.05, 4.69) is 21.2 Å². The molecule has 0 heterocycles. The molecule has 0 aliphatic heterocycles. The van der Waals surface area contributed by atoms with Crippen molar-refractivity contribution in [3.05, 3.63) is 33.8 Å². The van der Waals surface area contributed by atoms with Crippen LogP contribution in [0.2, 0.25) is 0 Å². The van der Waals surface area contributed by atoms with E-state index in [4.69, 9.17) is 0 Å². The minimum Gasteiger partial charge on any atom is -0.309 e. The first-order valence-corrected chi connectivity index (χ1v) is 7.46. The molecule has 0 fully saturated rings. The van der Waals surface area contributed by atoms with Gasteiger partial charge in [-0.05, 0) is 41.8 Å². The van der Waals surface area contributed by atoms with Crippen LogP contribution >= 0.6 is 27.7 Å². The number of fused-ring (bicyclic) bond motifs is 1. The average Bonchev–Trinajstić information content (AvgIpc) is 2.68. The van der Waals surface area contributed by atoms with Crippen LogP contribution in [-0.2, 0) is 6.42 Å². The van der Waals surface area contributed by atoms with Crippen LogP contribution in [0.15, 0.2) is 22.7 Å². The monoisotopic (exact) mass is 339 g/mol. The van der Waals surface area contributed by atoms with Gasteiger partial charge < -0.3 is 5.32 Å². The maximum absolute atomic E-state index is 12.0. The zero-order valence-corrected chi connectivity index (χ0v) is 12.0. The van der Waals surface area contributed by atoms with Crippen molar-refractivity contribution in [2.24, 2.45) is 0 Å². The molecule has 18 heavy (non-hydrogen) atoms. The quantitative estimate of drug-likeness (QED) is 0.821. The molecule has 0 saturated heterocycles. The number of nitrogens with one attached hydrogen (secondary N) is 1. The molecule has 100 valence electrons. The smallest absolute Gasteiger partial charge is 0.309 e. The highest BCUT2D eigenvalue weighted by atomic mass is 79.9. The first-order valence-electron chi connectivity index (χ1n) is 5.69. The Labute approximate surface area is 117 Å². The van der Waals surface area contributed by atoms with E-state index in [1.54, 1.807) is 0 Å². The lowest BCUT2D eigenvalue weighted by Crippen LogP contribution is -2.23. The largest absolute Gasteiger partial charge is 0.441 e. The Kier molecular flexibility index (Phi) is 4.61. The molecule has 1 aliphatic rings. The van der Waals surface area contributed by atoms with Crippen LogP contribution in [0.4, 0.5) is 13.2 Å². The fourth-order valence-electron chi connectivity index (χ4n) is 2.22. The Morgan fingerprint density at radius 2 is 2.17 bits per heavy atom. The molecule has 1 aromatic carbocycles. The fourth-order valence-corrected chi connectivity index (χ4v) is 3.25. The third-order valence-corrected chi connectivity index (χ3v) is 4.45. The third-order valence-electron chi connectivity index (χ3n) is 2.97. The standard InChI is InChI=1S/C12H13BrF3NS/c13-10-3-1-2-9-8(10)4-5-11(9)17-6-7-18-12(14,15)16/h1-3,11,17H,4-7H2. The van der Waals surface area contributed by atoms with Crippen molar-refractivity contribution >= 4 is 27.7 Å². The molecule has 0 bridgehead atoms. The van der Waals surface area contributed by atoms with Crippen LogP contribution in [0.1, 0.15) is 23.6 Å². The zero-order valence-electron chi connectivity index (χ0n) is 9.56. The second kappa shape index (κ2) is 5.84. The first kappa shape index (κ1) is 14.2. The summed E-state index contributed by atoms with van der Waals surface area (Å²) in [6.45, 7) is 0.376. The second-order valence-corrected chi connectivity index (χ2v) is 6.16. The summed E-state index contributed by atoms with van der Waals surface area (Å²) in [5.74, 6) is 0.0589. The van der Waals surface area contributed by atoms with Gasteiger partial charge in [0, 0.05) is 22.8 Å². The van der Waals surface area contributed by atoms with Gasteiger partial charge in [0.25, 0.3) is 0 Å². The lowest BCUT2D eigenvalue weighted by atomic mass is 10.1. The zero-order chi connectivity index (χ0) is 13.2. The van der Waals surface area contributed by atoms with Crippen molar-refractivity contribution in [3.8, 4) is 0 Å². The Bertz CT molecular complexity index is 422. The molecule has 2 rings (SSSR count). The summed E-state index contributed by atoms with van der Waals surface area (Å²) in [6.07, 6.45) is 1.93. The molecule has 0 aromatic heterocycles. The van der Waals surface area contributed by atoms with Gasteiger partial charge in [-0.3, -0.25) is 0 Å². The second-order valence-electron chi connectivity index (χ2n) is 4.15. The molecular weight excluding hydrogens is 327 g/mol. The van der Waals surface area contributed by atoms with Crippen molar-refractivity contribution in [3.63, 3.8) is 0 Å². The average molecular weight is 340 g/mol. The molecule has 1 aliphatic carbocycles. The van der Waals surface area contributed by atoms with E-state index >= 15 is 0 Å². The van der Waals surface area contributed by atoms with E-state index in [9.17, 15) is 13.2 Å². The molecular formula is C12H13BrF3NS.